The molecule has 68 valence electrons. The predicted octanol–water partition coefficient (Wildman–Crippen LogP) is 1.51. The van der Waals surface area contributed by atoms with Crippen LogP contribution < -0.4 is 0 Å². The Kier molecular flexibility index (Phi) is 1.93. The van der Waals surface area contributed by atoms with Crippen LogP contribution in [0.4, 0.5) is 0 Å². The molecule has 1 aromatic carbocycles. The first kappa shape index (κ1) is 8.45. The number of rotatable bonds is 3. The molecule has 0 radical (unpaired) electrons. The van der Waals surface area contributed by atoms with Crippen LogP contribution >= 0.6 is 0 Å². The predicted molar refractivity (Wildman–Crippen MR) is 49.6 cm³/mol. The smallest absolute Gasteiger partial charge is 0.154 e. The number of carbonyl (C=O) groups is 1. The van der Waals surface area contributed by atoms with Gasteiger partial charge in [-0.15, -0.1) is 0 Å². The van der Waals surface area contributed by atoms with Gasteiger partial charge in [0, 0.05) is 6.42 Å². The zero-order chi connectivity index (χ0) is 9.31. The van der Waals surface area contributed by atoms with E-state index < -0.39 is 5.60 Å². The molecule has 2 nitrogen and oxygen atoms in total. The molecule has 1 aliphatic heterocycles. The van der Waals surface area contributed by atoms with Gasteiger partial charge in [-0.05, 0) is 12.5 Å². The summed E-state index contributed by atoms with van der Waals surface area (Å²) in [6.07, 6.45) is 1.61. The Balaban J connectivity index is 2.10. The Hall–Kier alpha value is -1.15. The van der Waals surface area contributed by atoms with Crippen LogP contribution in [0, 0.1) is 6.92 Å². The molecule has 0 amide bonds. The molecule has 0 N–H and O–H groups in total. The first-order chi connectivity index (χ1) is 6.24. The fraction of sp³-hybridized carbons (Fsp3) is 0.364. The summed E-state index contributed by atoms with van der Waals surface area (Å²) < 4.78 is 5.11. The monoisotopic (exact) mass is 176 g/mol. The van der Waals surface area contributed by atoms with E-state index in [0.717, 1.165) is 11.8 Å². The van der Waals surface area contributed by atoms with E-state index in [9.17, 15) is 4.79 Å². The maximum Gasteiger partial charge on any atom is 0.154 e. The number of benzene rings is 1. The highest BCUT2D eigenvalue weighted by Crippen LogP contribution is 2.28. The maximum absolute atomic E-state index is 10.6. The van der Waals surface area contributed by atoms with Gasteiger partial charge < -0.3 is 9.53 Å². The van der Waals surface area contributed by atoms with Crippen molar-refractivity contribution in [2.45, 2.75) is 18.9 Å². The van der Waals surface area contributed by atoms with Gasteiger partial charge in [0.15, 0.2) is 11.9 Å². The average molecular weight is 176 g/mol. The average Bonchev–Trinajstić information content (AvgIpc) is 2.90. The Morgan fingerprint density at radius 1 is 1.46 bits per heavy atom. The summed E-state index contributed by atoms with van der Waals surface area (Å²) in [7, 11) is 0. The first-order valence-corrected chi connectivity index (χ1v) is 4.40. The minimum Gasteiger partial charge on any atom is -0.361 e. The molecule has 0 bridgehead atoms. The molecule has 2 rings (SSSR count). The van der Waals surface area contributed by atoms with E-state index in [-0.39, 0.29) is 0 Å². The second-order valence-corrected chi connectivity index (χ2v) is 3.63. The summed E-state index contributed by atoms with van der Waals surface area (Å²) in [5, 5.41) is 0. The topological polar surface area (TPSA) is 29.6 Å². The SMILES string of the molecule is Cc1ccc(C[C@@]2(C=O)CO2)cc1. The minimum atomic E-state index is -0.491. The third kappa shape index (κ3) is 1.78. The van der Waals surface area contributed by atoms with E-state index in [2.05, 4.69) is 12.1 Å². The summed E-state index contributed by atoms with van der Waals surface area (Å²) in [6.45, 7) is 2.62. The van der Waals surface area contributed by atoms with Crippen molar-refractivity contribution in [1.29, 1.82) is 0 Å². The highest BCUT2D eigenvalue weighted by atomic mass is 16.6. The normalized spacial score (nSPS) is 25.6. The highest BCUT2D eigenvalue weighted by Gasteiger charge is 2.44. The van der Waals surface area contributed by atoms with Gasteiger partial charge in [-0.25, -0.2) is 0 Å². The fourth-order valence-corrected chi connectivity index (χ4v) is 1.36. The van der Waals surface area contributed by atoms with Crippen molar-refractivity contribution in [3.63, 3.8) is 0 Å². The number of aldehydes is 1. The molecular weight excluding hydrogens is 164 g/mol. The number of ether oxygens (including phenoxy) is 1. The summed E-state index contributed by atoms with van der Waals surface area (Å²) in [5.74, 6) is 0. The van der Waals surface area contributed by atoms with Crippen molar-refractivity contribution >= 4 is 6.29 Å². The molecule has 1 aromatic rings. The molecule has 13 heavy (non-hydrogen) atoms. The summed E-state index contributed by atoms with van der Waals surface area (Å²) in [4.78, 5) is 10.6. The van der Waals surface area contributed by atoms with Crippen molar-refractivity contribution in [1.82, 2.24) is 0 Å². The summed E-state index contributed by atoms with van der Waals surface area (Å²) in [6, 6.07) is 8.19. The van der Waals surface area contributed by atoms with E-state index in [1.165, 1.54) is 5.56 Å². The maximum atomic E-state index is 10.6. The fourth-order valence-electron chi connectivity index (χ4n) is 1.36. The third-order valence-corrected chi connectivity index (χ3v) is 2.35. The molecule has 0 aromatic heterocycles. The van der Waals surface area contributed by atoms with Crippen molar-refractivity contribution < 1.29 is 9.53 Å². The second-order valence-electron chi connectivity index (χ2n) is 3.63. The largest absolute Gasteiger partial charge is 0.361 e. The van der Waals surface area contributed by atoms with E-state index in [0.29, 0.717) is 13.0 Å². The van der Waals surface area contributed by atoms with Gasteiger partial charge in [-0.2, -0.15) is 0 Å². The van der Waals surface area contributed by atoms with E-state index >= 15 is 0 Å². The zero-order valence-electron chi connectivity index (χ0n) is 7.62. The molecule has 0 spiro atoms. The molecule has 0 unspecified atom stereocenters. The molecule has 1 atom stereocenters. The third-order valence-electron chi connectivity index (χ3n) is 2.35. The number of hydrogen-bond acceptors (Lipinski definition) is 2. The van der Waals surface area contributed by atoms with Crippen molar-refractivity contribution in [2.75, 3.05) is 6.61 Å². The van der Waals surface area contributed by atoms with Gasteiger partial charge in [-0.3, -0.25) is 0 Å². The lowest BCUT2D eigenvalue weighted by atomic mass is 10.0. The van der Waals surface area contributed by atoms with Crippen LogP contribution in [0.2, 0.25) is 0 Å². The molecule has 2 heteroatoms. The quantitative estimate of drug-likeness (QED) is 0.516. The van der Waals surface area contributed by atoms with E-state index in [1.54, 1.807) is 0 Å². The zero-order valence-corrected chi connectivity index (χ0v) is 7.62. The number of carbonyl (C=O) groups excluding carboxylic acids is 1. The first-order valence-electron chi connectivity index (χ1n) is 4.40. The summed E-state index contributed by atoms with van der Waals surface area (Å²) >= 11 is 0. The molecule has 0 aliphatic carbocycles. The number of epoxide rings is 1. The minimum absolute atomic E-state index is 0.491. The molecule has 1 aliphatic rings. The van der Waals surface area contributed by atoms with Gasteiger partial charge >= 0.3 is 0 Å². The lowest BCUT2D eigenvalue weighted by Crippen LogP contribution is -2.16. The highest BCUT2D eigenvalue weighted by molar-refractivity contribution is 5.67. The lowest BCUT2D eigenvalue weighted by Gasteiger charge is -2.03. The van der Waals surface area contributed by atoms with Crippen LogP contribution in [0.3, 0.4) is 0 Å². The Bertz CT molecular complexity index is 309. The molecule has 1 fully saturated rings. The van der Waals surface area contributed by atoms with Crippen LogP contribution in [0.15, 0.2) is 24.3 Å². The Morgan fingerprint density at radius 2 is 2.08 bits per heavy atom. The van der Waals surface area contributed by atoms with Gasteiger partial charge in [0.25, 0.3) is 0 Å². The molecule has 1 saturated heterocycles. The second kappa shape index (κ2) is 2.96. The lowest BCUT2D eigenvalue weighted by molar-refractivity contribution is -0.112. The molecule has 1 heterocycles. The van der Waals surface area contributed by atoms with Gasteiger partial charge in [-0.1, -0.05) is 29.8 Å². The summed E-state index contributed by atoms with van der Waals surface area (Å²) in [5.41, 5.74) is 1.91. The van der Waals surface area contributed by atoms with Crippen LogP contribution in [0.1, 0.15) is 11.1 Å². The van der Waals surface area contributed by atoms with Crippen molar-refractivity contribution in [3.8, 4) is 0 Å². The van der Waals surface area contributed by atoms with Crippen molar-refractivity contribution in [3.05, 3.63) is 35.4 Å². The van der Waals surface area contributed by atoms with Crippen LogP contribution in [-0.2, 0) is 16.0 Å². The van der Waals surface area contributed by atoms with Crippen LogP contribution in [0.25, 0.3) is 0 Å². The molecular formula is C11H12O2. The van der Waals surface area contributed by atoms with E-state index in [4.69, 9.17) is 4.74 Å². The van der Waals surface area contributed by atoms with E-state index in [1.807, 2.05) is 19.1 Å². The van der Waals surface area contributed by atoms with Gasteiger partial charge in [0.1, 0.15) is 0 Å². The number of hydrogen-bond donors (Lipinski definition) is 0. The van der Waals surface area contributed by atoms with Gasteiger partial charge in [0.05, 0.1) is 6.61 Å². The molecule has 0 saturated carbocycles. The van der Waals surface area contributed by atoms with Crippen LogP contribution in [-0.4, -0.2) is 18.5 Å². The van der Waals surface area contributed by atoms with Crippen LogP contribution in [0.5, 0.6) is 0 Å². The number of aryl methyl sites for hydroxylation is 1. The van der Waals surface area contributed by atoms with Crippen molar-refractivity contribution in [2.24, 2.45) is 0 Å². The Labute approximate surface area is 77.5 Å². The Morgan fingerprint density at radius 3 is 2.54 bits per heavy atom. The standard InChI is InChI=1S/C11H12O2/c1-9-2-4-10(5-3-9)6-11(7-12)8-13-11/h2-5,7H,6,8H2,1H3/t11-/m1/s1. The van der Waals surface area contributed by atoms with Gasteiger partial charge in [0.2, 0.25) is 0 Å².